The fraction of sp³-hybridized carbons (Fsp3) is 0.750. The Hall–Kier alpha value is -0.660. The number of aldehydes is 2. The molecular formula is C8H14O2. The molecule has 1 unspecified atom stereocenters. The van der Waals surface area contributed by atoms with Gasteiger partial charge in [-0.25, -0.2) is 0 Å². The van der Waals surface area contributed by atoms with Crippen molar-refractivity contribution < 1.29 is 9.59 Å². The molecule has 0 heterocycles. The molecule has 0 aliphatic carbocycles. The van der Waals surface area contributed by atoms with Crippen LogP contribution in [0.1, 0.15) is 27.2 Å². The maximum absolute atomic E-state index is 10.4. The number of hydrogen-bond acceptors (Lipinski definition) is 2. The smallest absolute Gasteiger partial charge is 0.125 e. The zero-order chi connectivity index (χ0) is 8.20. The molecule has 0 aromatic rings. The summed E-state index contributed by atoms with van der Waals surface area (Å²) in [6.07, 6.45) is 2.41. The largest absolute Gasteiger partial charge is 0.303 e. The van der Waals surface area contributed by atoms with Crippen LogP contribution < -0.4 is 0 Å². The summed E-state index contributed by atoms with van der Waals surface area (Å²) in [6.45, 7) is 5.48. The zero-order valence-corrected chi connectivity index (χ0v) is 6.76. The first-order valence-corrected chi connectivity index (χ1v) is 3.43. The van der Waals surface area contributed by atoms with Crippen LogP contribution in [0.2, 0.25) is 0 Å². The van der Waals surface area contributed by atoms with Crippen molar-refractivity contribution in [1.29, 1.82) is 0 Å². The van der Waals surface area contributed by atoms with E-state index in [1.165, 1.54) is 0 Å². The predicted octanol–water partition coefficient (Wildman–Crippen LogP) is 1.44. The van der Waals surface area contributed by atoms with Crippen LogP contribution in [0.25, 0.3) is 0 Å². The highest BCUT2D eigenvalue weighted by Crippen LogP contribution is 2.20. The van der Waals surface area contributed by atoms with Gasteiger partial charge in [-0.05, 0) is 6.42 Å². The second-order valence-corrected chi connectivity index (χ2v) is 3.42. The van der Waals surface area contributed by atoms with Crippen molar-refractivity contribution in [3.05, 3.63) is 0 Å². The van der Waals surface area contributed by atoms with Gasteiger partial charge in [0.1, 0.15) is 12.6 Å². The number of hydrogen-bond donors (Lipinski definition) is 0. The Kier molecular flexibility index (Phi) is 3.26. The molecule has 2 heteroatoms. The maximum Gasteiger partial charge on any atom is 0.125 e. The second-order valence-electron chi connectivity index (χ2n) is 3.42. The molecule has 0 radical (unpaired) electrons. The van der Waals surface area contributed by atoms with Crippen LogP contribution in [0.3, 0.4) is 0 Å². The minimum absolute atomic E-state index is 0.0137. The molecule has 58 valence electrons. The highest BCUT2D eigenvalue weighted by Gasteiger charge is 2.19. The van der Waals surface area contributed by atoms with Crippen molar-refractivity contribution in [1.82, 2.24) is 0 Å². The van der Waals surface area contributed by atoms with E-state index in [4.69, 9.17) is 0 Å². The third kappa shape index (κ3) is 3.38. The van der Waals surface area contributed by atoms with Gasteiger partial charge < -0.3 is 9.59 Å². The highest BCUT2D eigenvalue weighted by molar-refractivity contribution is 5.60. The van der Waals surface area contributed by atoms with Crippen LogP contribution in [-0.4, -0.2) is 12.6 Å². The van der Waals surface area contributed by atoms with Crippen molar-refractivity contribution >= 4 is 12.6 Å². The highest BCUT2D eigenvalue weighted by atomic mass is 16.1. The molecule has 0 fully saturated rings. The van der Waals surface area contributed by atoms with E-state index in [1.54, 1.807) is 0 Å². The first-order chi connectivity index (χ1) is 4.52. The van der Waals surface area contributed by atoms with Crippen molar-refractivity contribution in [2.24, 2.45) is 11.3 Å². The molecule has 2 nitrogen and oxygen atoms in total. The van der Waals surface area contributed by atoms with Crippen molar-refractivity contribution in [2.75, 3.05) is 0 Å². The van der Waals surface area contributed by atoms with E-state index < -0.39 is 0 Å². The van der Waals surface area contributed by atoms with Gasteiger partial charge in [-0.3, -0.25) is 0 Å². The van der Waals surface area contributed by atoms with Gasteiger partial charge in [-0.15, -0.1) is 0 Å². The van der Waals surface area contributed by atoms with E-state index in [2.05, 4.69) is 0 Å². The average Bonchev–Trinajstić information content (AvgIpc) is 1.87. The maximum atomic E-state index is 10.4. The molecule has 0 N–H and O–H groups in total. The predicted molar refractivity (Wildman–Crippen MR) is 39.7 cm³/mol. The summed E-state index contributed by atoms with van der Waals surface area (Å²) in [5.41, 5.74) is -0.347. The summed E-state index contributed by atoms with van der Waals surface area (Å²) >= 11 is 0. The van der Waals surface area contributed by atoms with Gasteiger partial charge >= 0.3 is 0 Å². The summed E-state index contributed by atoms with van der Waals surface area (Å²) in [7, 11) is 0. The lowest BCUT2D eigenvalue weighted by molar-refractivity contribution is -0.116. The summed E-state index contributed by atoms with van der Waals surface area (Å²) in [4.78, 5) is 20.5. The van der Waals surface area contributed by atoms with E-state index in [1.807, 2.05) is 20.8 Å². The molecular weight excluding hydrogens is 128 g/mol. The third-order valence-corrected chi connectivity index (χ3v) is 1.40. The minimum Gasteiger partial charge on any atom is -0.303 e. The van der Waals surface area contributed by atoms with Crippen LogP contribution in [0, 0.1) is 11.3 Å². The molecule has 0 rings (SSSR count). The van der Waals surface area contributed by atoms with Gasteiger partial charge in [0.2, 0.25) is 0 Å². The molecule has 0 aliphatic heterocycles. The SMILES string of the molecule is CC(C=O)CC(C)(C)C=O. The van der Waals surface area contributed by atoms with Gasteiger partial charge in [0, 0.05) is 11.3 Å². The number of rotatable bonds is 4. The normalized spacial score (nSPS) is 14.3. The van der Waals surface area contributed by atoms with Crippen LogP contribution in [-0.2, 0) is 9.59 Å². The van der Waals surface area contributed by atoms with E-state index in [0.717, 1.165) is 12.6 Å². The van der Waals surface area contributed by atoms with E-state index in [-0.39, 0.29) is 11.3 Å². The lowest BCUT2D eigenvalue weighted by atomic mass is 9.85. The first-order valence-electron chi connectivity index (χ1n) is 3.43. The van der Waals surface area contributed by atoms with Gasteiger partial charge in [0.25, 0.3) is 0 Å². The topological polar surface area (TPSA) is 34.1 Å². The van der Waals surface area contributed by atoms with Gasteiger partial charge in [-0.2, -0.15) is 0 Å². The van der Waals surface area contributed by atoms with Gasteiger partial charge in [0.15, 0.2) is 0 Å². The quantitative estimate of drug-likeness (QED) is 0.556. The zero-order valence-electron chi connectivity index (χ0n) is 6.76. The first kappa shape index (κ1) is 9.34. The Morgan fingerprint density at radius 1 is 1.40 bits per heavy atom. The summed E-state index contributed by atoms with van der Waals surface area (Å²) in [6, 6.07) is 0. The molecule has 0 aromatic heterocycles. The second kappa shape index (κ2) is 3.49. The summed E-state index contributed by atoms with van der Waals surface area (Å²) < 4.78 is 0. The minimum atomic E-state index is -0.347. The molecule has 0 saturated heterocycles. The van der Waals surface area contributed by atoms with Crippen molar-refractivity contribution in [2.45, 2.75) is 27.2 Å². The third-order valence-electron chi connectivity index (χ3n) is 1.40. The standard InChI is InChI=1S/C8H14O2/c1-7(5-9)4-8(2,3)6-10/h5-7H,4H2,1-3H3. The van der Waals surface area contributed by atoms with Crippen LogP contribution in [0.5, 0.6) is 0 Å². The Morgan fingerprint density at radius 2 is 1.90 bits per heavy atom. The van der Waals surface area contributed by atoms with E-state index in [9.17, 15) is 9.59 Å². The fourth-order valence-electron chi connectivity index (χ4n) is 0.926. The van der Waals surface area contributed by atoms with Gasteiger partial charge in [-0.1, -0.05) is 20.8 Å². The molecule has 1 atom stereocenters. The molecule has 10 heavy (non-hydrogen) atoms. The average molecular weight is 142 g/mol. The number of carbonyl (C=O) groups excluding carboxylic acids is 2. The fourth-order valence-corrected chi connectivity index (χ4v) is 0.926. The Bertz CT molecular complexity index is 127. The molecule has 0 aromatic carbocycles. The molecule has 0 amide bonds. The van der Waals surface area contributed by atoms with E-state index >= 15 is 0 Å². The lowest BCUT2D eigenvalue weighted by Crippen LogP contribution is -2.17. The van der Waals surface area contributed by atoms with E-state index in [0.29, 0.717) is 6.42 Å². The Balaban J connectivity index is 3.86. The Labute approximate surface area is 61.6 Å². The van der Waals surface area contributed by atoms with Crippen LogP contribution >= 0.6 is 0 Å². The monoisotopic (exact) mass is 142 g/mol. The molecule has 0 aliphatic rings. The van der Waals surface area contributed by atoms with Gasteiger partial charge in [0.05, 0.1) is 0 Å². The lowest BCUT2D eigenvalue weighted by Gasteiger charge is -2.17. The molecule has 0 spiro atoms. The molecule has 0 saturated carbocycles. The van der Waals surface area contributed by atoms with Crippen molar-refractivity contribution in [3.8, 4) is 0 Å². The Morgan fingerprint density at radius 3 is 2.20 bits per heavy atom. The number of carbonyl (C=O) groups is 2. The van der Waals surface area contributed by atoms with Crippen LogP contribution in [0.15, 0.2) is 0 Å². The van der Waals surface area contributed by atoms with Crippen molar-refractivity contribution in [3.63, 3.8) is 0 Å². The molecule has 0 bridgehead atoms. The summed E-state index contributed by atoms with van der Waals surface area (Å²) in [5.74, 6) is -0.0137. The van der Waals surface area contributed by atoms with Crippen LogP contribution in [0.4, 0.5) is 0 Å². The summed E-state index contributed by atoms with van der Waals surface area (Å²) in [5, 5.41) is 0.